The average molecular weight is 279 g/mol. The minimum absolute atomic E-state index is 0.113. The number of aryl methyl sites for hydroxylation is 1. The molecule has 5 nitrogen and oxygen atoms in total. The van der Waals surface area contributed by atoms with Crippen molar-refractivity contribution in [2.24, 2.45) is 5.92 Å². The molecule has 2 rings (SSSR count). The van der Waals surface area contributed by atoms with E-state index in [1.54, 1.807) is 0 Å². The van der Waals surface area contributed by atoms with Gasteiger partial charge in [-0.15, -0.1) is 0 Å². The van der Waals surface area contributed by atoms with E-state index in [1.165, 1.54) is 0 Å². The number of carbonyl (C=O) groups is 1. The Kier molecular flexibility index (Phi) is 3.85. The molecule has 1 amide bonds. The molecule has 1 heterocycles. The standard InChI is InChI=1S/C13H15ClN4O/c1-7(2)12(19)18-17-11-9-6-8(3)4-5-10(9)15-13(14)16-11/h4-7H,1-3H3,(H,18,19)(H,15,16,17). The van der Waals surface area contributed by atoms with Crippen LogP contribution in [-0.2, 0) is 4.79 Å². The van der Waals surface area contributed by atoms with E-state index in [4.69, 9.17) is 11.6 Å². The second-order valence-corrected chi connectivity index (χ2v) is 4.97. The van der Waals surface area contributed by atoms with Gasteiger partial charge in [-0.05, 0) is 30.7 Å². The van der Waals surface area contributed by atoms with Crippen molar-refractivity contribution in [1.29, 1.82) is 0 Å². The predicted molar refractivity (Wildman–Crippen MR) is 75.9 cm³/mol. The van der Waals surface area contributed by atoms with Crippen molar-refractivity contribution in [3.8, 4) is 0 Å². The van der Waals surface area contributed by atoms with E-state index in [9.17, 15) is 4.79 Å². The number of hydrogen-bond donors (Lipinski definition) is 2. The zero-order valence-corrected chi connectivity index (χ0v) is 11.7. The molecule has 0 fully saturated rings. The SMILES string of the molecule is Cc1ccc2nc(Cl)nc(NNC(=O)C(C)C)c2c1. The van der Waals surface area contributed by atoms with Crippen LogP contribution < -0.4 is 10.9 Å². The molecule has 6 heteroatoms. The highest BCUT2D eigenvalue weighted by Crippen LogP contribution is 2.22. The van der Waals surface area contributed by atoms with Gasteiger partial charge in [0.15, 0.2) is 5.82 Å². The summed E-state index contributed by atoms with van der Waals surface area (Å²) in [5.74, 6) is 0.265. The number of rotatable bonds is 3. The zero-order valence-electron chi connectivity index (χ0n) is 11.0. The summed E-state index contributed by atoms with van der Waals surface area (Å²) in [7, 11) is 0. The first-order chi connectivity index (χ1) is 8.97. The van der Waals surface area contributed by atoms with Crippen LogP contribution in [-0.4, -0.2) is 15.9 Å². The number of hydrogen-bond acceptors (Lipinski definition) is 4. The van der Waals surface area contributed by atoms with E-state index in [0.717, 1.165) is 16.5 Å². The molecule has 0 aliphatic rings. The van der Waals surface area contributed by atoms with Crippen LogP contribution in [0.25, 0.3) is 10.9 Å². The minimum atomic E-state index is -0.115. The Labute approximate surface area is 116 Å². The van der Waals surface area contributed by atoms with Crippen LogP contribution in [0.1, 0.15) is 19.4 Å². The lowest BCUT2D eigenvalue weighted by Crippen LogP contribution is -2.33. The maximum Gasteiger partial charge on any atom is 0.240 e. The Balaban J connectivity index is 2.36. The molecule has 0 bridgehead atoms. The van der Waals surface area contributed by atoms with Crippen LogP contribution in [0.15, 0.2) is 18.2 Å². The van der Waals surface area contributed by atoms with Gasteiger partial charge in [-0.25, -0.2) is 4.98 Å². The van der Waals surface area contributed by atoms with E-state index >= 15 is 0 Å². The fraction of sp³-hybridized carbons (Fsp3) is 0.308. The molecule has 0 unspecified atom stereocenters. The Bertz CT molecular complexity index is 627. The van der Waals surface area contributed by atoms with E-state index in [1.807, 2.05) is 39.0 Å². The van der Waals surface area contributed by atoms with Gasteiger partial charge >= 0.3 is 0 Å². The molecule has 2 aromatic rings. The van der Waals surface area contributed by atoms with Crippen molar-refractivity contribution in [2.75, 3.05) is 5.43 Å². The molecule has 0 saturated heterocycles. The third kappa shape index (κ3) is 3.12. The molecular weight excluding hydrogens is 264 g/mol. The lowest BCUT2D eigenvalue weighted by Gasteiger charge is -2.12. The number of benzene rings is 1. The number of nitrogens with zero attached hydrogens (tertiary/aromatic N) is 2. The number of anilines is 1. The molecular formula is C13H15ClN4O. The predicted octanol–water partition coefficient (Wildman–Crippen LogP) is 2.69. The molecule has 0 radical (unpaired) electrons. The molecule has 2 N–H and O–H groups in total. The van der Waals surface area contributed by atoms with Crippen LogP contribution in [0.2, 0.25) is 5.28 Å². The number of fused-ring (bicyclic) bond motifs is 1. The van der Waals surface area contributed by atoms with E-state index in [2.05, 4.69) is 20.8 Å². The number of aromatic nitrogens is 2. The van der Waals surface area contributed by atoms with Gasteiger partial charge in [-0.1, -0.05) is 25.5 Å². The highest BCUT2D eigenvalue weighted by atomic mass is 35.5. The lowest BCUT2D eigenvalue weighted by molar-refractivity contribution is -0.123. The van der Waals surface area contributed by atoms with Crippen LogP contribution in [0.3, 0.4) is 0 Å². The number of amides is 1. The molecule has 0 atom stereocenters. The Hall–Kier alpha value is -1.88. The monoisotopic (exact) mass is 278 g/mol. The Morgan fingerprint density at radius 3 is 2.74 bits per heavy atom. The van der Waals surface area contributed by atoms with Gasteiger partial charge < -0.3 is 0 Å². The third-order valence-electron chi connectivity index (χ3n) is 2.65. The third-order valence-corrected chi connectivity index (χ3v) is 2.82. The van der Waals surface area contributed by atoms with Gasteiger partial charge in [0, 0.05) is 11.3 Å². The maximum atomic E-state index is 11.6. The van der Waals surface area contributed by atoms with Gasteiger partial charge in [0.05, 0.1) is 5.52 Å². The fourth-order valence-electron chi connectivity index (χ4n) is 1.57. The van der Waals surface area contributed by atoms with Gasteiger partial charge in [-0.2, -0.15) is 4.98 Å². The summed E-state index contributed by atoms with van der Waals surface area (Å²) >= 11 is 5.87. The van der Waals surface area contributed by atoms with Crippen molar-refractivity contribution in [1.82, 2.24) is 15.4 Å². The Morgan fingerprint density at radius 1 is 1.32 bits per heavy atom. The smallest absolute Gasteiger partial charge is 0.240 e. The first-order valence-electron chi connectivity index (χ1n) is 5.97. The normalized spacial score (nSPS) is 10.8. The second-order valence-electron chi connectivity index (χ2n) is 4.63. The van der Waals surface area contributed by atoms with Crippen LogP contribution in [0, 0.1) is 12.8 Å². The summed E-state index contributed by atoms with van der Waals surface area (Å²) in [6, 6.07) is 5.76. The number of hydrazine groups is 1. The van der Waals surface area contributed by atoms with Gasteiger partial charge in [0.1, 0.15) is 0 Å². The number of nitrogens with one attached hydrogen (secondary N) is 2. The van der Waals surface area contributed by atoms with Crippen molar-refractivity contribution in [2.45, 2.75) is 20.8 Å². The largest absolute Gasteiger partial charge is 0.281 e. The first-order valence-corrected chi connectivity index (χ1v) is 6.35. The summed E-state index contributed by atoms with van der Waals surface area (Å²) in [6.07, 6.45) is 0. The van der Waals surface area contributed by atoms with Gasteiger partial charge in [-0.3, -0.25) is 15.6 Å². The Morgan fingerprint density at radius 2 is 2.05 bits per heavy atom. The zero-order chi connectivity index (χ0) is 14.0. The molecule has 100 valence electrons. The van der Waals surface area contributed by atoms with Gasteiger partial charge in [0.25, 0.3) is 0 Å². The van der Waals surface area contributed by atoms with E-state index in [0.29, 0.717) is 5.82 Å². The molecule has 1 aromatic heterocycles. The first kappa shape index (κ1) is 13.5. The van der Waals surface area contributed by atoms with E-state index < -0.39 is 0 Å². The number of halogens is 1. The van der Waals surface area contributed by atoms with Crippen molar-refractivity contribution < 1.29 is 4.79 Å². The van der Waals surface area contributed by atoms with Crippen LogP contribution >= 0.6 is 11.6 Å². The van der Waals surface area contributed by atoms with Crippen LogP contribution in [0.5, 0.6) is 0 Å². The molecule has 0 saturated carbocycles. The second kappa shape index (κ2) is 5.40. The lowest BCUT2D eigenvalue weighted by atomic mass is 10.1. The maximum absolute atomic E-state index is 11.6. The van der Waals surface area contributed by atoms with Crippen molar-refractivity contribution in [3.63, 3.8) is 0 Å². The summed E-state index contributed by atoms with van der Waals surface area (Å²) in [6.45, 7) is 5.60. The fourth-order valence-corrected chi connectivity index (χ4v) is 1.75. The summed E-state index contributed by atoms with van der Waals surface area (Å²) in [4.78, 5) is 19.8. The van der Waals surface area contributed by atoms with Gasteiger partial charge in [0.2, 0.25) is 11.2 Å². The highest BCUT2D eigenvalue weighted by molar-refractivity contribution is 6.28. The van der Waals surface area contributed by atoms with E-state index in [-0.39, 0.29) is 17.1 Å². The molecule has 0 aliphatic carbocycles. The summed E-state index contributed by atoms with van der Waals surface area (Å²) in [5, 5.41) is 0.950. The number of carbonyl (C=O) groups excluding carboxylic acids is 1. The van der Waals surface area contributed by atoms with Crippen molar-refractivity contribution in [3.05, 3.63) is 29.0 Å². The summed E-state index contributed by atoms with van der Waals surface area (Å²) in [5.41, 5.74) is 7.21. The molecule has 1 aromatic carbocycles. The summed E-state index contributed by atoms with van der Waals surface area (Å²) < 4.78 is 0. The highest BCUT2D eigenvalue weighted by Gasteiger charge is 2.10. The minimum Gasteiger partial charge on any atom is -0.281 e. The van der Waals surface area contributed by atoms with Crippen LogP contribution in [0.4, 0.5) is 5.82 Å². The topological polar surface area (TPSA) is 66.9 Å². The quantitative estimate of drug-likeness (QED) is 0.669. The molecule has 19 heavy (non-hydrogen) atoms. The average Bonchev–Trinajstić information content (AvgIpc) is 2.36. The van der Waals surface area contributed by atoms with Crippen molar-refractivity contribution >= 4 is 34.2 Å². The molecule has 0 aliphatic heterocycles. The molecule has 0 spiro atoms.